The molecule has 0 spiro atoms. The van der Waals surface area contributed by atoms with E-state index in [4.69, 9.17) is 0 Å². The normalized spacial score (nSPS) is 13.8. The summed E-state index contributed by atoms with van der Waals surface area (Å²) < 4.78 is 0. The highest BCUT2D eigenvalue weighted by atomic mass is 32.2. The third kappa shape index (κ3) is 6.09. The smallest absolute Gasteiger partial charge is 0.253 e. The number of piperazine rings is 1. The lowest BCUT2D eigenvalue weighted by Crippen LogP contribution is -2.50. The second-order valence-electron chi connectivity index (χ2n) is 6.90. The van der Waals surface area contributed by atoms with Gasteiger partial charge >= 0.3 is 0 Å². The van der Waals surface area contributed by atoms with E-state index in [2.05, 4.69) is 5.32 Å². The lowest BCUT2D eigenvalue weighted by molar-refractivity contribution is -0.130. The molecule has 0 atom stereocenters. The van der Waals surface area contributed by atoms with Gasteiger partial charge in [0.05, 0.1) is 5.75 Å². The van der Waals surface area contributed by atoms with Crippen LogP contribution in [0.5, 0.6) is 0 Å². The molecule has 3 rings (SSSR count). The lowest BCUT2D eigenvalue weighted by Gasteiger charge is -2.34. The molecular weight excluding hydrogens is 386 g/mol. The van der Waals surface area contributed by atoms with Gasteiger partial charge in [0.2, 0.25) is 11.8 Å². The zero-order valence-electron chi connectivity index (χ0n) is 16.5. The number of hydrogen-bond acceptors (Lipinski definition) is 4. The van der Waals surface area contributed by atoms with Gasteiger partial charge < -0.3 is 15.1 Å². The second kappa shape index (κ2) is 10.1. The van der Waals surface area contributed by atoms with Crippen molar-refractivity contribution in [2.45, 2.75) is 12.7 Å². The number of nitrogens with zero attached hydrogens (tertiary/aromatic N) is 2. The van der Waals surface area contributed by atoms with Crippen molar-refractivity contribution in [2.24, 2.45) is 0 Å². The van der Waals surface area contributed by atoms with Crippen molar-refractivity contribution < 1.29 is 14.4 Å². The molecule has 152 valence electrons. The molecule has 1 aliphatic rings. The Bertz CT molecular complexity index is 847. The van der Waals surface area contributed by atoms with Crippen LogP contribution in [-0.2, 0) is 15.3 Å². The van der Waals surface area contributed by atoms with E-state index in [1.54, 1.807) is 16.7 Å². The van der Waals surface area contributed by atoms with Crippen LogP contribution in [0, 0.1) is 0 Å². The summed E-state index contributed by atoms with van der Waals surface area (Å²) in [7, 11) is 0. The van der Waals surface area contributed by atoms with Crippen molar-refractivity contribution in [3.8, 4) is 0 Å². The molecule has 1 saturated heterocycles. The van der Waals surface area contributed by atoms with Crippen LogP contribution < -0.4 is 5.32 Å². The predicted molar refractivity (Wildman–Crippen MR) is 116 cm³/mol. The van der Waals surface area contributed by atoms with Crippen LogP contribution in [0.3, 0.4) is 0 Å². The van der Waals surface area contributed by atoms with Crippen LogP contribution in [0.2, 0.25) is 0 Å². The SMILES string of the molecule is CC(=O)N1CCN(C(=O)c2ccc(CSCC(=O)Nc3ccccc3)cc2)CC1. The Morgan fingerprint density at radius 2 is 1.52 bits per heavy atom. The first-order chi connectivity index (χ1) is 14.0. The minimum Gasteiger partial charge on any atom is -0.339 e. The Morgan fingerprint density at radius 1 is 0.897 bits per heavy atom. The summed E-state index contributed by atoms with van der Waals surface area (Å²) >= 11 is 1.53. The van der Waals surface area contributed by atoms with E-state index in [1.165, 1.54) is 11.8 Å². The first kappa shape index (κ1) is 20.9. The summed E-state index contributed by atoms with van der Waals surface area (Å²) in [5, 5.41) is 2.86. The third-order valence-corrected chi connectivity index (χ3v) is 5.78. The topological polar surface area (TPSA) is 69.7 Å². The fourth-order valence-electron chi connectivity index (χ4n) is 3.13. The van der Waals surface area contributed by atoms with Gasteiger partial charge in [-0.1, -0.05) is 30.3 Å². The molecule has 6 nitrogen and oxygen atoms in total. The van der Waals surface area contributed by atoms with Crippen LogP contribution in [-0.4, -0.2) is 59.5 Å². The quantitative estimate of drug-likeness (QED) is 0.794. The number of benzene rings is 2. The average Bonchev–Trinajstić information content (AvgIpc) is 2.74. The molecule has 3 amide bonds. The van der Waals surface area contributed by atoms with E-state index < -0.39 is 0 Å². The summed E-state index contributed by atoms with van der Waals surface area (Å²) in [4.78, 5) is 39.6. The molecule has 2 aromatic rings. The summed E-state index contributed by atoms with van der Waals surface area (Å²) in [5.74, 6) is 1.09. The molecule has 1 heterocycles. The van der Waals surface area contributed by atoms with Crippen molar-refractivity contribution in [1.82, 2.24) is 9.80 Å². The maximum absolute atomic E-state index is 12.6. The Hall–Kier alpha value is -2.80. The van der Waals surface area contributed by atoms with E-state index in [0.29, 0.717) is 43.2 Å². The number of para-hydroxylation sites is 1. The van der Waals surface area contributed by atoms with E-state index in [-0.39, 0.29) is 17.7 Å². The summed E-state index contributed by atoms with van der Waals surface area (Å²) in [6.45, 7) is 3.85. The standard InChI is InChI=1S/C22H25N3O3S/c1-17(26)24-11-13-25(14-12-24)22(28)19-9-7-18(8-10-19)15-29-16-21(27)23-20-5-3-2-4-6-20/h2-10H,11-16H2,1H3,(H,23,27). The minimum atomic E-state index is -0.0299. The molecule has 0 unspecified atom stereocenters. The van der Waals surface area contributed by atoms with Gasteiger partial charge in [0.15, 0.2) is 0 Å². The van der Waals surface area contributed by atoms with Gasteiger partial charge in [-0.25, -0.2) is 0 Å². The van der Waals surface area contributed by atoms with Crippen molar-refractivity contribution in [3.63, 3.8) is 0 Å². The fraction of sp³-hybridized carbons (Fsp3) is 0.318. The molecule has 0 saturated carbocycles. The van der Waals surface area contributed by atoms with Crippen LogP contribution in [0.4, 0.5) is 5.69 Å². The number of anilines is 1. The number of carbonyl (C=O) groups excluding carboxylic acids is 3. The van der Waals surface area contributed by atoms with Crippen LogP contribution in [0.15, 0.2) is 54.6 Å². The molecular formula is C22H25N3O3S. The predicted octanol–water partition coefficient (Wildman–Crippen LogP) is 2.86. The molecule has 29 heavy (non-hydrogen) atoms. The van der Waals surface area contributed by atoms with Crippen LogP contribution >= 0.6 is 11.8 Å². The first-order valence-electron chi connectivity index (χ1n) is 9.59. The Labute approximate surface area is 175 Å². The number of rotatable bonds is 6. The summed E-state index contributed by atoms with van der Waals surface area (Å²) in [6.07, 6.45) is 0. The summed E-state index contributed by atoms with van der Waals surface area (Å²) in [6, 6.07) is 16.9. The van der Waals surface area contributed by atoms with Crippen molar-refractivity contribution in [3.05, 3.63) is 65.7 Å². The molecule has 0 bridgehead atoms. The van der Waals surface area contributed by atoms with E-state index in [1.807, 2.05) is 54.6 Å². The first-order valence-corrected chi connectivity index (χ1v) is 10.7. The maximum Gasteiger partial charge on any atom is 0.253 e. The van der Waals surface area contributed by atoms with Gasteiger partial charge in [0.25, 0.3) is 5.91 Å². The van der Waals surface area contributed by atoms with Gasteiger partial charge in [-0.05, 0) is 29.8 Å². The van der Waals surface area contributed by atoms with Gasteiger partial charge in [0.1, 0.15) is 0 Å². The summed E-state index contributed by atoms with van der Waals surface area (Å²) in [5.41, 5.74) is 2.52. The monoisotopic (exact) mass is 411 g/mol. The maximum atomic E-state index is 12.6. The second-order valence-corrected chi connectivity index (χ2v) is 7.89. The number of amides is 3. The number of thioether (sulfide) groups is 1. The number of nitrogens with one attached hydrogen (secondary N) is 1. The molecule has 1 aliphatic heterocycles. The van der Waals surface area contributed by atoms with Crippen molar-refractivity contribution in [2.75, 3.05) is 37.2 Å². The van der Waals surface area contributed by atoms with Crippen LogP contribution in [0.1, 0.15) is 22.8 Å². The third-order valence-electron chi connectivity index (χ3n) is 4.77. The molecule has 0 aliphatic carbocycles. The van der Waals surface area contributed by atoms with Crippen LogP contribution in [0.25, 0.3) is 0 Å². The minimum absolute atomic E-state index is 0.00496. The Kier molecular flexibility index (Phi) is 7.30. The van der Waals surface area contributed by atoms with E-state index in [9.17, 15) is 14.4 Å². The van der Waals surface area contributed by atoms with Gasteiger partial charge in [-0.3, -0.25) is 14.4 Å². The number of carbonyl (C=O) groups is 3. The lowest BCUT2D eigenvalue weighted by atomic mass is 10.1. The molecule has 1 fully saturated rings. The largest absolute Gasteiger partial charge is 0.339 e. The zero-order chi connectivity index (χ0) is 20.6. The molecule has 1 N–H and O–H groups in total. The molecule has 0 aromatic heterocycles. The van der Waals surface area contributed by atoms with Gasteiger partial charge in [-0.2, -0.15) is 0 Å². The molecule has 0 radical (unpaired) electrons. The number of hydrogen-bond donors (Lipinski definition) is 1. The Morgan fingerprint density at radius 3 is 2.14 bits per heavy atom. The molecule has 7 heteroatoms. The van der Waals surface area contributed by atoms with Crippen molar-refractivity contribution in [1.29, 1.82) is 0 Å². The molecule has 2 aromatic carbocycles. The van der Waals surface area contributed by atoms with E-state index in [0.717, 1.165) is 11.3 Å². The highest BCUT2D eigenvalue weighted by Gasteiger charge is 2.23. The van der Waals surface area contributed by atoms with Crippen molar-refractivity contribution >= 4 is 35.2 Å². The van der Waals surface area contributed by atoms with Gasteiger partial charge in [0, 0.05) is 50.1 Å². The average molecular weight is 412 g/mol. The Balaban J connectivity index is 1.43. The zero-order valence-corrected chi connectivity index (χ0v) is 17.3. The van der Waals surface area contributed by atoms with E-state index >= 15 is 0 Å². The fourth-order valence-corrected chi connectivity index (χ4v) is 3.92. The van der Waals surface area contributed by atoms with Gasteiger partial charge in [-0.15, -0.1) is 11.8 Å². The highest BCUT2D eigenvalue weighted by Crippen LogP contribution is 2.16. The highest BCUT2D eigenvalue weighted by molar-refractivity contribution is 7.99.